The number of alkyl halides is 3. The van der Waals surface area contributed by atoms with Crippen LogP contribution in [0.4, 0.5) is 18.9 Å². The van der Waals surface area contributed by atoms with Crippen molar-refractivity contribution in [2.45, 2.75) is 6.36 Å². The molecule has 1 heterocycles. The molecule has 0 radical (unpaired) electrons. The minimum absolute atomic E-state index is 0.0271. The van der Waals surface area contributed by atoms with Crippen molar-refractivity contribution in [3.05, 3.63) is 16.2 Å². The van der Waals surface area contributed by atoms with Gasteiger partial charge in [0.05, 0.1) is 16.4 Å². The second-order valence-electron chi connectivity index (χ2n) is 2.37. The van der Waals surface area contributed by atoms with E-state index in [1.54, 1.807) is 0 Å². The zero-order chi connectivity index (χ0) is 11.6. The lowest BCUT2D eigenvalue weighted by atomic mass is 10.3. The third-order valence-corrected chi connectivity index (χ3v) is 2.19. The molecule has 80 valence electrons. The highest BCUT2D eigenvalue weighted by atomic mass is 79.9. The second kappa shape index (κ2) is 3.94. The molecule has 0 amide bonds. The van der Waals surface area contributed by atoms with Gasteiger partial charge >= 0.3 is 6.36 Å². The highest BCUT2D eigenvalue weighted by Crippen LogP contribution is 2.31. The van der Waals surface area contributed by atoms with Crippen molar-refractivity contribution in [2.75, 3.05) is 5.73 Å². The summed E-state index contributed by atoms with van der Waals surface area (Å²) in [6, 6.07) is 1.51. The van der Waals surface area contributed by atoms with Crippen LogP contribution in [-0.4, -0.2) is 11.3 Å². The maximum absolute atomic E-state index is 11.9. The lowest BCUT2D eigenvalue weighted by molar-refractivity contribution is -0.276. The topological polar surface area (TPSA) is 71.9 Å². The summed E-state index contributed by atoms with van der Waals surface area (Å²) in [7, 11) is 0. The van der Waals surface area contributed by atoms with E-state index >= 15 is 0 Å². The quantitative estimate of drug-likeness (QED) is 0.857. The van der Waals surface area contributed by atoms with Gasteiger partial charge in [-0.3, -0.25) is 0 Å². The number of aromatic nitrogens is 1. The van der Waals surface area contributed by atoms with Gasteiger partial charge in [0.1, 0.15) is 11.6 Å². The molecule has 0 aliphatic carbocycles. The molecule has 1 rings (SSSR count). The molecule has 0 saturated carbocycles. The Morgan fingerprint density at radius 2 is 2.13 bits per heavy atom. The fourth-order valence-corrected chi connectivity index (χ4v) is 1.13. The number of halogens is 4. The van der Waals surface area contributed by atoms with Crippen LogP contribution in [0.3, 0.4) is 0 Å². The average Bonchev–Trinajstić information content (AvgIpc) is 2.10. The van der Waals surface area contributed by atoms with Gasteiger partial charge in [-0.05, 0) is 15.9 Å². The van der Waals surface area contributed by atoms with Gasteiger partial charge in [0.25, 0.3) is 0 Å². The highest BCUT2D eigenvalue weighted by molar-refractivity contribution is 9.10. The van der Waals surface area contributed by atoms with Crippen LogP contribution >= 0.6 is 15.9 Å². The van der Waals surface area contributed by atoms with Crippen LogP contribution in [0, 0.1) is 11.3 Å². The minimum Gasteiger partial charge on any atom is -0.397 e. The van der Waals surface area contributed by atoms with Crippen molar-refractivity contribution in [2.24, 2.45) is 0 Å². The Morgan fingerprint density at radius 3 is 2.60 bits per heavy atom. The lowest BCUT2D eigenvalue weighted by Crippen LogP contribution is -2.19. The fourth-order valence-electron chi connectivity index (χ4n) is 0.772. The van der Waals surface area contributed by atoms with E-state index in [9.17, 15) is 13.2 Å². The molecule has 0 bridgehead atoms. The number of hydrogen-bond acceptors (Lipinski definition) is 4. The molecule has 15 heavy (non-hydrogen) atoms. The number of hydrogen-bond donors (Lipinski definition) is 1. The fraction of sp³-hybridized carbons (Fsp3) is 0.143. The van der Waals surface area contributed by atoms with Gasteiger partial charge in [-0.15, -0.1) is 13.2 Å². The smallest absolute Gasteiger partial charge is 0.397 e. The normalized spacial score (nSPS) is 10.9. The van der Waals surface area contributed by atoms with E-state index < -0.39 is 17.8 Å². The first kappa shape index (κ1) is 11.6. The van der Waals surface area contributed by atoms with Gasteiger partial charge in [-0.2, -0.15) is 5.26 Å². The van der Waals surface area contributed by atoms with Crippen LogP contribution in [-0.2, 0) is 0 Å². The monoisotopic (exact) mass is 281 g/mol. The Bertz CT molecular complexity index is 427. The molecule has 0 spiro atoms. The third-order valence-electron chi connectivity index (χ3n) is 1.33. The molecular weight excluding hydrogens is 279 g/mol. The number of nitrogens with zero attached hydrogens (tertiary/aromatic N) is 2. The van der Waals surface area contributed by atoms with E-state index in [-0.39, 0.29) is 10.2 Å². The first-order chi connectivity index (χ1) is 6.85. The Balaban J connectivity index is 3.21. The van der Waals surface area contributed by atoms with Crippen LogP contribution in [0.1, 0.15) is 5.56 Å². The SMILES string of the molecule is N#Cc1c(OC(F)(F)F)ncc(N)c1Br. The van der Waals surface area contributed by atoms with E-state index in [1.807, 2.05) is 0 Å². The van der Waals surface area contributed by atoms with E-state index in [1.165, 1.54) is 6.07 Å². The van der Waals surface area contributed by atoms with Gasteiger partial charge in [0, 0.05) is 0 Å². The zero-order valence-corrected chi connectivity index (χ0v) is 8.56. The summed E-state index contributed by atoms with van der Waals surface area (Å²) in [4.78, 5) is 3.28. The molecule has 2 N–H and O–H groups in total. The van der Waals surface area contributed by atoms with Crippen LogP contribution in [0.5, 0.6) is 5.88 Å². The van der Waals surface area contributed by atoms with Gasteiger partial charge in [0.2, 0.25) is 5.88 Å². The largest absolute Gasteiger partial charge is 0.574 e. The summed E-state index contributed by atoms with van der Waals surface area (Å²) in [5, 5.41) is 8.60. The number of nitriles is 1. The average molecular weight is 282 g/mol. The van der Waals surface area contributed by atoms with Crippen molar-refractivity contribution < 1.29 is 17.9 Å². The van der Waals surface area contributed by atoms with Gasteiger partial charge in [-0.25, -0.2) is 4.98 Å². The molecule has 0 aliphatic rings. The minimum atomic E-state index is -4.89. The van der Waals surface area contributed by atoms with Gasteiger partial charge in [-0.1, -0.05) is 0 Å². The van der Waals surface area contributed by atoms with Gasteiger partial charge in [0.15, 0.2) is 0 Å². The van der Waals surface area contributed by atoms with E-state index in [2.05, 4.69) is 25.7 Å². The van der Waals surface area contributed by atoms with Crippen molar-refractivity contribution in [3.8, 4) is 11.9 Å². The maximum atomic E-state index is 11.9. The summed E-state index contributed by atoms with van der Waals surface area (Å²) in [6.45, 7) is 0. The number of ether oxygens (including phenoxy) is 1. The highest BCUT2D eigenvalue weighted by Gasteiger charge is 2.33. The molecule has 0 fully saturated rings. The summed E-state index contributed by atoms with van der Waals surface area (Å²) in [5.41, 5.74) is 4.99. The first-order valence-corrected chi connectivity index (χ1v) is 4.24. The standard InChI is InChI=1S/C7H3BrF3N3O/c8-5-3(1-12)6(14-2-4(5)13)15-7(9,10)11/h2H,13H2. The number of rotatable bonds is 1. The van der Waals surface area contributed by atoms with E-state index in [4.69, 9.17) is 11.0 Å². The molecule has 0 aliphatic heterocycles. The third kappa shape index (κ3) is 2.73. The summed E-state index contributed by atoms with van der Waals surface area (Å²) in [5.74, 6) is -0.828. The Morgan fingerprint density at radius 1 is 1.53 bits per heavy atom. The molecule has 4 nitrogen and oxygen atoms in total. The molecule has 0 aromatic carbocycles. The first-order valence-electron chi connectivity index (χ1n) is 3.45. The number of anilines is 1. The van der Waals surface area contributed by atoms with E-state index in [0.29, 0.717) is 0 Å². The number of pyridine rings is 1. The van der Waals surface area contributed by atoms with E-state index in [0.717, 1.165) is 6.20 Å². The molecule has 8 heteroatoms. The molecule has 0 saturated heterocycles. The molecule has 1 aromatic rings. The number of nitrogens with two attached hydrogens (primary N) is 1. The molecule has 0 unspecified atom stereocenters. The molecule has 1 aromatic heterocycles. The summed E-state index contributed by atoms with van der Waals surface area (Å²) >= 11 is 2.86. The zero-order valence-electron chi connectivity index (χ0n) is 6.97. The second-order valence-corrected chi connectivity index (χ2v) is 3.16. The lowest BCUT2D eigenvalue weighted by Gasteiger charge is -2.10. The van der Waals surface area contributed by atoms with Crippen LogP contribution < -0.4 is 10.5 Å². The Hall–Kier alpha value is -1.49. The van der Waals surface area contributed by atoms with Crippen LogP contribution in [0.25, 0.3) is 0 Å². The Kier molecular flexibility index (Phi) is 3.04. The predicted octanol–water partition coefficient (Wildman–Crippen LogP) is 2.20. The predicted molar refractivity (Wildman–Crippen MR) is 47.7 cm³/mol. The summed E-state index contributed by atoms with van der Waals surface area (Å²) in [6.07, 6.45) is -3.93. The van der Waals surface area contributed by atoms with Crippen molar-refractivity contribution in [1.82, 2.24) is 4.98 Å². The van der Waals surface area contributed by atoms with Crippen molar-refractivity contribution in [3.63, 3.8) is 0 Å². The van der Waals surface area contributed by atoms with Crippen molar-refractivity contribution >= 4 is 21.6 Å². The molecular formula is C7H3BrF3N3O. The number of nitrogen functional groups attached to an aromatic ring is 1. The summed E-state index contributed by atoms with van der Waals surface area (Å²) < 4.78 is 39.2. The Labute approximate surface area is 90.6 Å². The van der Waals surface area contributed by atoms with Gasteiger partial charge < -0.3 is 10.5 Å². The van der Waals surface area contributed by atoms with Crippen molar-refractivity contribution in [1.29, 1.82) is 5.26 Å². The van der Waals surface area contributed by atoms with Crippen LogP contribution in [0.2, 0.25) is 0 Å². The maximum Gasteiger partial charge on any atom is 0.574 e. The van der Waals surface area contributed by atoms with Crippen LogP contribution in [0.15, 0.2) is 10.7 Å². The molecule has 0 atom stereocenters.